The molecule has 1 aliphatic heterocycles. The number of nitrogens with one attached hydrogen (secondary N) is 3. The van der Waals surface area contributed by atoms with Gasteiger partial charge in [0.15, 0.2) is 0 Å². The average molecular weight is 428 g/mol. The second kappa shape index (κ2) is 8.23. The van der Waals surface area contributed by atoms with Crippen molar-refractivity contribution in [2.75, 3.05) is 16.0 Å². The van der Waals surface area contributed by atoms with E-state index in [2.05, 4.69) is 25.9 Å². The maximum Gasteiger partial charge on any atom is 0.421 e. The Bertz CT molecular complexity index is 1130. The van der Waals surface area contributed by atoms with Crippen molar-refractivity contribution in [2.45, 2.75) is 25.6 Å². The molecule has 0 saturated heterocycles. The minimum Gasteiger partial charge on any atom is -0.340 e. The van der Waals surface area contributed by atoms with Crippen LogP contribution in [0.15, 0.2) is 48.7 Å². The molecule has 1 amide bonds. The summed E-state index contributed by atoms with van der Waals surface area (Å²) < 4.78 is 40.4. The number of benzene rings is 2. The monoisotopic (exact) mass is 428 g/mol. The predicted molar refractivity (Wildman–Crippen MR) is 111 cm³/mol. The van der Waals surface area contributed by atoms with Crippen molar-refractivity contribution in [3.63, 3.8) is 0 Å². The maximum absolute atomic E-state index is 13.5. The minimum atomic E-state index is -4.63. The third-order valence-electron chi connectivity index (χ3n) is 4.78. The standard InChI is InChI=1S/C21H19F3N6O/c22-21(23,24)16-11-26-20(30-19(16)27-14-3-1-2-12(8-14)10-25)28-15-5-6-17-13(9-15)4-7-18(31)29-17/h1-3,5-6,8-9,11H,4,7,10,25H2,(H,29,31)(H2,26,27,28,30). The van der Waals surface area contributed by atoms with Crippen LogP contribution in [0.5, 0.6) is 0 Å². The van der Waals surface area contributed by atoms with Gasteiger partial charge in [-0.25, -0.2) is 4.98 Å². The minimum absolute atomic E-state index is 0.00488. The molecule has 1 aliphatic rings. The highest BCUT2D eigenvalue weighted by Gasteiger charge is 2.35. The first-order valence-corrected chi connectivity index (χ1v) is 9.52. The van der Waals surface area contributed by atoms with Crippen molar-refractivity contribution in [3.8, 4) is 0 Å². The lowest BCUT2D eigenvalue weighted by Gasteiger charge is -2.18. The molecule has 0 unspecified atom stereocenters. The van der Waals surface area contributed by atoms with Crippen molar-refractivity contribution >= 4 is 34.7 Å². The van der Waals surface area contributed by atoms with Crippen LogP contribution in [0.3, 0.4) is 0 Å². The maximum atomic E-state index is 13.5. The summed E-state index contributed by atoms with van der Waals surface area (Å²) in [5.74, 6) is -0.414. The predicted octanol–water partition coefficient (Wildman–Crippen LogP) is 4.33. The Labute approximate surface area is 175 Å². The molecule has 2 heterocycles. The Balaban J connectivity index is 1.63. The lowest BCUT2D eigenvalue weighted by Crippen LogP contribution is -2.18. The van der Waals surface area contributed by atoms with Gasteiger partial charge in [-0.2, -0.15) is 18.2 Å². The van der Waals surface area contributed by atoms with Crippen LogP contribution in [0.1, 0.15) is 23.1 Å². The molecular weight excluding hydrogens is 409 g/mol. The number of carbonyl (C=O) groups is 1. The molecule has 7 nitrogen and oxygen atoms in total. The fraction of sp³-hybridized carbons (Fsp3) is 0.190. The van der Waals surface area contributed by atoms with Crippen LogP contribution >= 0.6 is 0 Å². The number of hydrogen-bond donors (Lipinski definition) is 4. The second-order valence-electron chi connectivity index (χ2n) is 7.03. The fourth-order valence-electron chi connectivity index (χ4n) is 3.25. The Morgan fingerprint density at radius 2 is 1.87 bits per heavy atom. The first-order chi connectivity index (χ1) is 14.8. The number of carbonyl (C=O) groups excluding carboxylic acids is 1. The van der Waals surface area contributed by atoms with Crippen LogP contribution in [-0.4, -0.2) is 15.9 Å². The summed E-state index contributed by atoms with van der Waals surface area (Å²) in [6, 6.07) is 12.0. The molecule has 160 valence electrons. The molecular formula is C21H19F3N6O. The number of fused-ring (bicyclic) bond motifs is 1. The fourth-order valence-corrected chi connectivity index (χ4v) is 3.25. The number of amides is 1. The quantitative estimate of drug-likeness (QED) is 0.482. The highest BCUT2D eigenvalue weighted by Crippen LogP contribution is 2.35. The first kappa shape index (κ1) is 20.6. The Hall–Kier alpha value is -3.66. The summed E-state index contributed by atoms with van der Waals surface area (Å²) in [7, 11) is 0. The number of aryl methyl sites for hydroxylation is 1. The van der Waals surface area contributed by atoms with Crippen LogP contribution < -0.4 is 21.7 Å². The average Bonchev–Trinajstić information content (AvgIpc) is 2.73. The molecule has 2 aromatic carbocycles. The second-order valence-corrected chi connectivity index (χ2v) is 7.03. The van der Waals surface area contributed by atoms with E-state index in [9.17, 15) is 18.0 Å². The number of rotatable bonds is 5. The van der Waals surface area contributed by atoms with E-state index in [1.807, 2.05) is 6.07 Å². The molecule has 0 atom stereocenters. The van der Waals surface area contributed by atoms with Crippen LogP contribution in [0.25, 0.3) is 0 Å². The third kappa shape index (κ3) is 4.75. The zero-order valence-corrected chi connectivity index (χ0v) is 16.3. The number of aromatic nitrogens is 2. The van der Waals surface area contributed by atoms with Gasteiger partial charge in [0.25, 0.3) is 0 Å². The third-order valence-corrected chi connectivity index (χ3v) is 4.78. The van der Waals surface area contributed by atoms with Crippen molar-refractivity contribution in [1.29, 1.82) is 0 Å². The largest absolute Gasteiger partial charge is 0.421 e. The number of nitrogens with zero attached hydrogens (tertiary/aromatic N) is 2. The molecule has 10 heteroatoms. The normalized spacial score (nSPS) is 13.4. The van der Waals surface area contributed by atoms with Gasteiger partial charge >= 0.3 is 6.18 Å². The van der Waals surface area contributed by atoms with Crippen LogP contribution in [-0.2, 0) is 23.9 Å². The van der Waals surface area contributed by atoms with Gasteiger partial charge in [-0.3, -0.25) is 4.79 Å². The molecule has 3 aromatic rings. The summed E-state index contributed by atoms with van der Waals surface area (Å²) >= 11 is 0. The van der Waals surface area contributed by atoms with E-state index in [1.165, 1.54) is 0 Å². The van der Waals surface area contributed by atoms with E-state index in [4.69, 9.17) is 5.73 Å². The lowest BCUT2D eigenvalue weighted by atomic mass is 10.0. The Kier molecular flexibility index (Phi) is 5.47. The first-order valence-electron chi connectivity index (χ1n) is 9.52. The highest BCUT2D eigenvalue weighted by molar-refractivity contribution is 5.94. The van der Waals surface area contributed by atoms with Crippen molar-refractivity contribution in [1.82, 2.24) is 9.97 Å². The number of alkyl halides is 3. The van der Waals surface area contributed by atoms with Crippen molar-refractivity contribution < 1.29 is 18.0 Å². The smallest absolute Gasteiger partial charge is 0.340 e. The summed E-state index contributed by atoms with van der Waals surface area (Å²) in [6.45, 7) is 0.261. The molecule has 5 N–H and O–H groups in total. The number of hydrogen-bond acceptors (Lipinski definition) is 6. The number of nitrogens with two attached hydrogens (primary N) is 1. The lowest BCUT2D eigenvalue weighted by molar-refractivity contribution is -0.137. The molecule has 1 aromatic heterocycles. The zero-order chi connectivity index (χ0) is 22.0. The van der Waals surface area contributed by atoms with E-state index >= 15 is 0 Å². The summed E-state index contributed by atoms with van der Waals surface area (Å²) in [4.78, 5) is 19.4. The van der Waals surface area contributed by atoms with E-state index in [1.54, 1.807) is 36.4 Å². The van der Waals surface area contributed by atoms with E-state index in [0.29, 0.717) is 24.2 Å². The Morgan fingerprint density at radius 3 is 2.65 bits per heavy atom. The molecule has 0 fully saturated rings. The topological polar surface area (TPSA) is 105 Å². The van der Waals surface area contributed by atoms with Gasteiger partial charge in [-0.1, -0.05) is 12.1 Å². The Morgan fingerprint density at radius 1 is 1.06 bits per heavy atom. The molecule has 0 saturated carbocycles. The van der Waals surface area contributed by atoms with E-state index in [-0.39, 0.29) is 24.2 Å². The van der Waals surface area contributed by atoms with Crippen molar-refractivity contribution in [2.24, 2.45) is 5.73 Å². The molecule has 31 heavy (non-hydrogen) atoms. The van der Waals surface area contributed by atoms with E-state index < -0.39 is 11.7 Å². The van der Waals surface area contributed by atoms with Gasteiger partial charge in [0.1, 0.15) is 11.4 Å². The van der Waals surface area contributed by atoms with Crippen LogP contribution in [0, 0.1) is 0 Å². The molecule has 0 aliphatic carbocycles. The van der Waals surface area contributed by atoms with E-state index in [0.717, 1.165) is 23.0 Å². The van der Waals surface area contributed by atoms with Crippen LogP contribution in [0.4, 0.5) is 42.0 Å². The van der Waals surface area contributed by atoms with Crippen LogP contribution in [0.2, 0.25) is 0 Å². The molecule has 4 rings (SSSR count). The van der Waals surface area contributed by atoms with Gasteiger partial charge in [0.05, 0.1) is 0 Å². The number of anilines is 5. The van der Waals surface area contributed by atoms with Gasteiger partial charge < -0.3 is 21.7 Å². The highest BCUT2D eigenvalue weighted by atomic mass is 19.4. The van der Waals surface area contributed by atoms with Gasteiger partial charge in [-0.05, 0) is 47.9 Å². The molecule has 0 spiro atoms. The van der Waals surface area contributed by atoms with Crippen molar-refractivity contribution in [3.05, 3.63) is 65.4 Å². The SMILES string of the molecule is NCc1cccc(Nc2nc(Nc3ccc4c(c3)CCC(=O)N4)ncc2C(F)(F)F)c1. The summed E-state index contributed by atoms with van der Waals surface area (Å²) in [5, 5.41) is 8.43. The molecule has 0 radical (unpaired) electrons. The summed E-state index contributed by atoms with van der Waals surface area (Å²) in [6.07, 6.45) is -2.93. The van der Waals surface area contributed by atoms with Gasteiger partial charge in [0, 0.05) is 36.2 Å². The number of halogens is 3. The zero-order valence-electron chi connectivity index (χ0n) is 16.3. The molecule has 0 bridgehead atoms. The van der Waals surface area contributed by atoms with Gasteiger partial charge in [0.2, 0.25) is 11.9 Å². The van der Waals surface area contributed by atoms with Gasteiger partial charge in [-0.15, -0.1) is 0 Å². The summed E-state index contributed by atoms with van der Waals surface area (Å²) in [5.41, 5.74) is 8.08.